The highest BCUT2D eigenvalue weighted by molar-refractivity contribution is 5.87. The Morgan fingerprint density at radius 3 is 0.925 bits per heavy atom. The highest BCUT2D eigenvalue weighted by Crippen LogP contribution is 2.54. The molecule has 260 valence electrons. The van der Waals surface area contributed by atoms with E-state index in [0.29, 0.717) is 35.1 Å². The molecule has 0 amide bonds. The van der Waals surface area contributed by atoms with Crippen molar-refractivity contribution >= 4 is 43.1 Å². The number of aliphatic hydroxyl groups is 2. The molecule has 0 unspecified atom stereocenters. The van der Waals surface area contributed by atoms with E-state index in [1.54, 1.807) is 0 Å². The molecule has 2 fully saturated rings. The van der Waals surface area contributed by atoms with Gasteiger partial charge in [-0.25, -0.2) is 0 Å². The maximum Gasteiger partial charge on any atom is 0.169 e. The average Bonchev–Trinajstić information content (AvgIpc) is 3.86. The number of benzene rings is 8. The second-order valence-electron chi connectivity index (χ2n) is 15.0. The first-order valence-electron chi connectivity index (χ1n) is 18.7. The van der Waals surface area contributed by atoms with E-state index in [1.165, 1.54) is 0 Å². The van der Waals surface area contributed by atoms with Gasteiger partial charge in [-0.3, -0.25) is 0 Å². The van der Waals surface area contributed by atoms with Crippen LogP contribution in [0.3, 0.4) is 0 Å². The Labute approximate surface area is 308 Å². The van der Waals surface area contributed by atoms with Crippen molar-refractivity contribution in [3.8, 4) is 0 Å². The van der Waals surface area contributed by atoms with Crippen molar-refractivity contribution in [2.45, 2.75) is 54.9 Å². The zero-order valence-electron chi connectivity index (χ0n) is 29.4. The SMILES string of the molecule is OC(c1ccc2ccccc2c1)(c1ccc2ccccc2c1)[C@@H]1OC2(CCCC2)O[C@H]1C(O)(c1ccc2ccccc2c1)c1ccc2ccccc2c1. The minimum absolute atomic E-state index is 0.678. The molecule has 4 nitrogen and oxygen atoms in total. The van der Waals surface area contributed by atoms with Crippen molar-refractivity contribution < 1.29 is 19.7 Å². The molecule has 1 saturated heterocycles. The molecule has 1 heterocycles. The van der Waals surface area contributed by atoms with Crippen LogP contribution < -0.4 is 0 Å². The van der Waals surface area contributed by atoms with Gasteiger partial charge in [-0.2, -0.15) is 0 Å². The molecule has 2 N–H and O–H groups in total. The van der Waals surface area contributed by atoms with Gasteiger partial charge in [0.15, 0.2) is 5.79 Å². The molecule has 1 saturated carbocycles. The van der Waals surface area contributed by atoms with Crippen LogP contribution in [-0.2, 0) is 20.7 Å². The fourth-order valence-electron chi connectivity index (χ4n) is 9.07. The van der Waals surface area contributed by atoms with Gasteiger partial charge >= 0.3 is 0 Å². The lowest BCUT2D eigenvalue weighted by Crippen LogP contribution is -2.55. The third-order valence-corrected chi connectivity index (χ3v) is 11.9. The summed E-state index contributed by atoms with van der Waals surface area (Å²) in [6.45, 7) is 0. The van der Waals surface area contributed by atoms with Crippen LogP contribution in [0.25, 0.3) is 43.1 Å². The molecule has 1 aliphatic carbocycles. The van der Waals surface area contributed by atoms with Crippen LogP contribution in [-0.4, -0.2) is 28.2 Å². The standard InChI is InChI=1S/C49H40O4/c50-48(41-23-19-33-11-1-5-15-37(33)29-41,42-24-20-34-12-2-6-16-38(34)30-42)45-46(53-47(52-45)27-9-10-28-47)49(51,43-25-21-35-13-3-7-17-39(35)31-43)44-26-22-36-14-4-8-18-40(36)32-44/h1-8,11-26,29-32,45-46,50-51H,9-10,27-28H2/t45-,46-/m1/s1. The molecular weight excluding hydrogens is 653 g/mol. The first kappa shape index (κ1) is 32.3. The molecule has 0 radical (unpaired) electrons. The Morgan fingerprint density at radius 2 is 0.642 bits per heavy atom. The second-order valence-corrected chi connectivity index (χ2v) is 15.0. The van der Waals surface area contributed by atoms with Crippen LogP contribution >= 0.6 is 0 Å². The van der Waals surface area contributed by atoms with Gasteiger partial charge in [0.25, 0.3) is 0 Å². The van der Waals surface area contributed by atoms with E-state index >= 15 is 0 Å². The van der Waals surface area contributed by atoms with E-state index in [9.17, 15) is 10.2 Å². The summed E-state index contributed by atoms with van der Waals surface area (Å²) in [7, 11) is 0. The zero-order chi connectivity index (χ0) is 35.6. The van der Waals surface area contributed by atoms with Gasteiger partial charge in [-0.1, -0.05) is 146 Å². The Balaban J connectivity index is 1.25. The highest BCUT2D eigenvalue weighted by atomic mass is 16.8. The summed E-state index contributed by atoms with van der Waals surface area (Å²) in [5.41, 5.74) is -0.739. The largest absolute Gasteiger partial charge is 0.378 e. The number of ether oxygens (including phenoxy) is 2. The lowest BCUT2D eigenvalue weighted by atomic mass is 9.71. The van der Waals surface area contributed by atoms with Gasteiger partial charge in [0, 0.05) is 12.8 Å². The number of fused-ring (bicyclic) bond motifs is 4. The minimum Gasteiger partial charge on any atom is -0.378 e. The van der Waals surface area contributed by atoms with Gasteiger partial charge in [0.2, 0.25) is 0 Å². The maximum atomic E-state index is 13.9. The smallest absolute Gasteiger partial charge is 0.169 e. The summed E-state index contributed by atoms with van der Waals surface area (Å²) < 4.78 is 14.5. The molecule has 8 aromatic rings. The van der Waals surface area contributed by atoms with Gasteiger partial charge < -0.3 is 19.7 Å². The number of rotatable bonds is 6. The molecule has 0 aromatic heterocycles. The Bertz CT molecular complexity index is 2320. The molecule has 1 aliphatic heterocycles. The number of hydrogen-bond donors (Lipinski definition) is 2. The summed E-state index contributed by atoms with van der Waals surface area (Å²) in [4.78, 5) is 0. The van der Waals surface area contributed by atoms with Crippen LogP contribution in [0.2, 0.25) is 0 Å². The van der Waals surface area contributed by atoms with E-state index in [-0.39, 0.29) is 0 Å². The lowest BCUT2D eigenvalue weighted by molar-refractivity contribution is -0.192. The van der Waals surface area contributed by atoms with Crippen molar-refractivity contribution in [2.75, 3.05) is 0 Å². The lowest BCUT2D eigenvalue weighted by Gasteiger charge is -2.43. The molecule has 2 atom stereocenters. The molecule has 2 aliphatic rings. The molecule has 4 heteroatoms. The van der Waals surface area contributed by atoms with Crippen LogP contribution in [0.15, 0.2) is 170 Å². The first-order chi connectivity index (χ1) is 25.9. The van der Waals surface area contributed by atoms with Crippen molar-refractivity contribution in [3.05, 3.63) is 192 Å². The topological polar surface area (TPSA) is 58.9 Å². The maximum absolute atomic E-state index is 13.9. The van der Waals surface area contributed by atoms with Crippen molar-refractivity contribution in [3.63, 3.8) is 0 Å². The highest BCUT2D eigenvalue weighted by Gasteiger charge is 2.63. The van der Waals surface area contributed by atoms with Crippen molar-refractivity contribution in [1.29, 1.82) is 0 Å². The Hall–Kier alpha value is -5.36. The average molecular weight is 693 g/mol. The van der Waals surface area contributed by atoms with E-state index < -0.39 is 29.2 Å². The summed E-state index contributed by atoms with van der Waals surface area (Å²) in [6.07, 6.45) is 1.22. The predicted molar refractivity (Wildman–Crippen MR) is 213 cm³/mol. The third kappa shape index (κ3) is 5.20. The first-order valence-corrected chi connectivity index (χ1v) is 18.7. The second kappa shape index (κ2) is 12.4. The predicted octanol–water partition coefficient (Wildman–Crippen LogP) is 10.5. The van der Waals surface area contributed by atoms with E-state index in [1.807, 2.05) is 72.8 Å². The summed E-state index contributed by atoms with van der Waals surface area (Å²) in [5, 5.41) is 36.1. The molecule has 1 spiro atoms. The summed E-state index contributed by atoms with van der Waals surface area (Å²) >= 11 is 0. The van der Waals surface area contributed by atoms with Crippen LogP contribution in [0.4, 0.5) is 0 Å². The monoisotopic (exact) mass is 692 g/mol. The van der Waals surface area contributed by atoms with Crippen molar-refractivity contribution in [1.82, 2.24) is 0 Å². The van der Waals surface area contributed by atoms with E-state index in [0.717, 1.165) is 55.9 Å². The fourth-order valence-corrected chi connectivity index (χ4v) is 9.07. The Kier molecular flexibility index (Phi) is 7.54. The van der Waals surface area contributed by atoms with Gasteiger partial charge in [-0.15, -0.1) is 0 Å². The van der Waals surface area contributed by atoms with Crippen LogP contribution in [0, 0.1) is 0 Å². The molecular formula is C49H40O4. The van der Waals surface area contributed by atoms with Gasteiger partial charge in [0.1, 0.15) is 23.4 Å². The summed E-state index contributed by atoms with van der Waals surface area (Å²) in [5.74, 6) is -0.960. The minimum atomic E-state index is -1.73. The van der Waals surface area contributed by atoms with E-state index in [2.05, 4.69) is 97.1 Å². The van der Waals surface area contributed by atoms with Gasteiger partial charge in [-0.05, 0) is 102 Å². The fraction of sp³-hybridized carbons (Fsp3) is 0.184. The summed E-state index contributed by atoms with van der Waals surface area (Å²) in [6, 6.07) is 57.3. The van der Waals surface area contributed by atoms with Crippen LogP contribution in [0.1, 0.15) is 47.9 Å². The number of hydrogen-bond acceptors (Lipinski definition) is 4. The molecule has 0 bridgehead atoms. The van der Waals surface area contributed by atoms with Gasteiger partial charge in [0.05, 0.1) is 0 Å². The quantitative estimate of drug-likeness (QED) is 0.182. The van der Waals surface area contributed by atoms with Crippen LogP contribution in [0.5, 0.6) is 0 Å². The Morgan fingerprint density at radius 1 is 0.377 bits per heavy atom. The van der Waals surface area contributed by atoms with Crippen molar-refractivity contribution in [2.24, 2.45) is 0 Å². The van der Waals surface area contributed by atoms with E-state index in [4.69, 9.17) is 9.47 Å². The molecule has 53 heavy (non-hydrogen) atoms. The third-order valence-electron chi connectivity index (χ3n) is 11.9. The molecule has 10 rings (SSSR count). The normalized spacial score (nSPS) is 18.8. The molecule has 8 aromatic carbocycles. The zero-order valence-corrected chi connectivity index (χ0v) is 29.4.